The highest BCUT2D eigenvalue weighted by atomic mass is 16.5. The Hall–Kier alpha value is -2.29. The first-order valence-corrected chi connectivity index (χ1v) is 13.5. The Morgan fingerprint density at radius 2 is 1.26 bits per heavy atom. The largest absolute Gasteiger partial charge is 0.497 e. The molecule has 0 amide bonds. The Morgan fingerprint density at radius 1 is 0.735 bits per heavy atom. The molecule has 2 aromatic carbocycles. The highest BCUT2D eigenvalue weighted by Gasteiger charge is 2.58. The molecule has 0 unspecified atom stereocenters. The van der Waals surface area contributed by atoms with Gasteiger partial charge >= 0.3 is 5.97 Å². The zero-order chi connectivity index (χ0) is 25.3. The van der Waals surface area contributed by atoms with Crippen LogP contribution < -0.4 is 9.47 Å². The standard InChI is InChI=1S/C25H28O3.3C2H6/c1-16(26)28-23-8-6-19(7-9-23)25(20-4-3-5-24(15-20)27-2)21-11-17-10-18(13-21)14-22(25)12-17;3*1-2/h3-9,15,17-18,21-22H,10-14H2,1-2H3;3*1-2H3. The van der Waals surface area contributed by atoms with E-state index in [9.17, 15) is 4.79 Å². The highest BCUT2D eigenvalue weighted by Crippen LogP contribution is 2.65. The van der Waals surface area contributed by atoms with Gasteiger partial charge in [0, 0.05) is 12.3 Å². The average Bonchev–Trinajstić information content (AvgIpc) is 2.88. The molecule has 0 aromatic heterocycles. The van der Waals surface area contributed by atoms with Crippen molar-refractivity contribution >= 4 is 5.97 Å². The normalized spacial score (nSPS) is 27.6. The summed E-state index contributed by atoms with van der Waals surface area (Å²) in [6.45, 7) is 13.4. The predicted molar refractivity (Wildman–Crippen MR) is 143 cm³/mol. The van der Waals surface area contributed by atoms with Crippen LogP contribution in [-0.4, -0.2) is 13.1 Å². The molecule has 4 aliphatic carbocycles. The molecule has 0 aliphatic heterocycles. The molecule has 6 rings (SSSR count). The van der Waals surface area contributed by atoms with E-state index in [1.807, 2.05) is 59.7 Å². The Bertz CT molecular complexity index is 856. The molecule has 0 atom stereocenters. The summed E-state index contributed by atoms with van der Waals surface area (Å²) < 4.78 is 10.9. The minimum absolute atomic E-state index is 0.0384. The smallest absolute Gasteiger partial charge is 0.308 e. The lowest BCUT2D eigenvalue weighted by Crippen LogP contribution is -2.56. The molecule has 4 bridgehead atoms. The van der Waals surface area contributed by atoms with Gasteiger partial charge in [0.1, 0.15) is 11.5 Å². The van der Waals surface area contributed by atoms with Gasteiger partial charge in [-0.25, -0.2) is 0 Å². The number of ether oxygens (including phenoxy) is 2. The summed E-state index contributed by atoms with van der Waals surface area (Å²) in [5, 5.41) is 0. The van der Waals surface area contributed by atoms with Gasteiger partial charge in [0.15, 0.2) is 0 Å². The molecule has 2 aromatic rings. The maximum absolute atomic E-state index is 11.3. The predicted octanol–water partition coefficient (Wildman–Crippen LogP) is 8.44. The van der Waals surface area contributed by atoms with Crippen molar-refractivity contribution in [3.05, 3.63) is 59.7 Å². The lowest BCUT2D eigenvalue weighted by molar-refractivity contribution is -0.131. The van der Waals surface area contributed by atoms with Crippen molar-refractivity contribution < 1.29 is 14.3 Å². The summed E-state index contributed by atoms with van der Waals surface area (Å²) in [4.78, 5) is 11.3. The summed E-state index contributed by atoms with van der Waals surface area (Å²) in [5.41, 5.74) is 2.79. The topological polar surface area (TPSA) is 35.5 Å². The van der Waals surface area contributed by atoms with E-state index in [1.165, 1.54) is 50.2 Å². The maximum Gasteiger partial charge on any atom is 0.308 e. The maximum atomic E-state index is 11.3. The lowest BCUT2D eigenvalue weighted by Gasteiger charge is -2.62. The molecule has 0 spiro atoms. The van der Waals surface area contributed by atoms with Crippen molar-refractivity contribution in [1.82, 2.24) is 0 Å². The van der Waals surface area contributed by atoms with E-state index >= 15 is 0 Å². The van der Waals surface area contributed by atoms with Gasteiger partial charge in [-0.15, -0.1) is 0 Å². The number of hydrogen-bond donors (Lipinski definition) is 0. The lowest BCUT2D eigenvalue weighted by atomic mass is 9.42. The van der Waals surface area contributed by atoms with E-state index in [1.54, 1.807) is 7.11 Å². The van der Waals surface area contributed by atoms with E-state index in [0.717, 1.165) is 17.6 Å². The van der Waals surface area contributed by atoms with Crippen molar-refractivity contribution in [2.75, 3.05) is 7.11 Å². The molecular weight excluding hydrogens is 420 g/mol. The molecule has 4 aliphatic rings. The van der Waals surface area contributed by atoms with E-state index in [2.05, 4.69) is 30.3 Å². The molecule has 0 saturated heterocycles. The average molecular weight is 467 g/mol. The zero-order valence-corrected chi connectivity index (χ0v) is 22.7. The summed E-state index contributed by atoms with van der Waals surface area (Å²) in [6.07, 6.45) is 6.75. The quantitative estimate of drug-likeness (QED) is 0.335. The minimum atomic E-state index is -0.273. The first kappa shape index (κ1) is 28.0. The van der Waals surface area contributed by atoms with Crippen LogP contribution in [0.25, 0.3) is 0 Å². The van der Waals surface area contributed by atoms with Crippen LogP contribution in [-0.2, 0) is 10.2 Å². The van der Waals surface area contributed by atoms with Crippen molar-refractivity contribution in [1.29, 1.82) is 0 Å². The molecule has 34 heavy (non-hydrogen) atoms. The number of hydrogen-bond acceptors (Lipinski definition) is 3. The fraction of sp³-hybridized carbons (Fsp3) is 0.581. The molecule has 3 nitrogen and oxygen atoms in total. The molecule has 4 saturated carbocycles. The first-order valence-electron chi connectivity index (χ1n) is 13.5. The number of esters is 1. The molecule has 0 radical (unpaired) electrons. The Labute approximate surface area is 208 Å². The third-order valence-electron chi connectivity index (χ3n) is 7.57. The molecule has 188 valence electrons. The summed E-state index contributed by atoms with van der Waals surface area (Å²) in [7, 11) is 1.75. The second-order valence-corrected chi connectivity index (χ2v) is 9.02. The number of benzene rings is 2. The van der Waals surface area contributed by atoms with Crippen LogP contribution in [0, 0.1) is 23.7 Å². The van der Waals surface area contributed by atoms with Gasteiger partial charge in [-0.05, 0) is 91.2 Å². The minimum Gasteiger partial charge on any atom is -0.497 e. The van der Waals surface area contributed by atoms with Gasteiger partial charge in [-0.3, -0.25) is 4.79 Å². The van der Waals surface area contributed by atoms with Crippen molar-refractivity contribution in [3.63, 3.8) is 0 Å². The second kappa shape index (κ2) is 13.0. The van der Waals surface area contributed by atoms with Crippen LogP contribution in [0.2, 0.25) is 0 Å². The molecule has 0 N–H and O–H groups in total. The van der Waals surface area contributed by atoms with Gasteiger partial charge in [-0.1, -0.05) is 65.8 Å². The summed E-state index contributed by atoms with van der Waals surface area (Å²) >= 11 is 0. The molecule has 4 fully saturated rings. The third kappa shape index (κ3) is 5.34. The molecule has 0 heterocycles. The van der Waals surface area contributed by atoms with Crippen LogP contribution in [0.3, 0.4) is 0 Å². The number of methoxy groups -OCH3 is 1. The summed E-state index contributed by atoms with van der Waals surface area (Å²) in [5.74, 6) is 4.45. The monoisotopic (exact) mass is 466 g/mol. The van der Waals surface area contributed by atoms with Gasteiger partial charge in [0.2, 0.25) is 0 Å². The highest BCUT2D eigenvalue weighted by molar-refractivity contribution is 5.69. The fourth-order valence-electron chi connectivity index (χ4n) is 6.88. The van der Waals surface area contributed by atoms with Crippen LogP contribution in [0.5, 0.6) is 11.5 Å². The van der Waals surface area contributed by atoms with Gasteiger partial charge in [-0.2, -0.15) is 0 Å². The van der Waals surface area contributed by atoms with Crippen LogP contribution >= 0.6 is 0 Å². The van der Waals surface area contributed by atoms with Crippen LogP contribution in [0.1, 0.15) is 91.7 Å². The second-order valence-electron chi connectivity index (χ2n) is 9.02. The Balaban J connectivity index is 0.000000633. The van der Waals surface area contributed by atoms with Crippen LogP contribution in [0.15, 0.2) is 48.5 Å². The Morgan fingerprint density at radius 3 is 1.74 bits per heavy atom. The number of carbonyl (C=O) groups excluding carboxylic acids is 1. The first-order chi connectivity index (χ1) is 16.6. The zero-order valence-electron chi connectivity index (χ0n) is 22.7. The van der Waals surface area contributed by atoms with E-state index in [4.69, 9.17) is 9.47 Å². The van der Waals surface area contributed by atoms with E-state index < -0.39 is 0 Å². The Kier molecular flexibility index (Phi) is 10.7. The third-order valence-corrected chi connectivity index (χ3v) is 7.57. The fourth-order valence-corrected chi connectivity index (χ4v) is 6.88. The van der Waals surface area contributed by atoms with Crippen LogP contribution in [0.4, 0.5) is 0 Å². The van der Waals surface area contributed by atoms with E-state index in [0.29, 0.717) is 17.6 Å². The van der Waals surface area contributed by atoms with Crippen molar-refractivity contribution in [3.8, 4) is 11.5 Å². The van der Waals surface area contributed by atoms with Crippen molar-refractivity contribution in [2.45, 2.75) is 86.0 Å². The van der Waals surface area contributed by atoms with Crippen molar-refractivity contribution in [2.24, 2.45) is 23.7 Å². The summed E-state index contributed by atoms with van der Waals surface area (Å²) in [6, 6.07) is 17.0. The molecular formula is C31H46O3. The SMILES string of the molecule is CC.CC.CC.COc1cccc(C2(c3ccc(OC(C)=O)cc3)C3CC4CC(C3)CC2C4)c1. The number of carbonyl (C=O) groups is 1. The van der Waals surface area contributed by atoms with Gasteiger partial charge in [0.25, 0.3) is 0 Å². The number of rotatable bonds is 4. The van der Waals surface area contributed by atoms with Gasteiger partial charge in [0.05, 0.1) is 7.11 Å². The van der Waals surface area contributed by atoms with Gasteiger partial charge < -0.3 is 9.47 Å². The molecule has 3 heteroatoms. The van der Waals surface area contributed by atoms with E-state index in [-0.39, 0.29) is 11.4 Å².